The third kappa shape index (κ3) is 5.05. The number of thiophene rings is 1. The first-order chi connectivity index (χ1) is 18.4. The molecular formula is C30H26ClF2NO3S. The van der Waals surface area contributed by atoms with Crippen LogP contribution in [0.2, 0.25) is 5.02 Å². The normalized spacial score (nSPS) is 14.0. The lowest BCUT2D eigenvalue weighted by Gasteiger charge is -2.34. The molecule has 0 unspecified atom stereocenters. The number of methoxy groups -OCH3 is 1. The van der Waals surface area contributed by atoms with Crippen LogP contribution >= 0.6 is 22.9 Å². The molecule has 1 amide bonds. The zero-order chi connectivity index (χ0) is 26.8. The summed E-state index contributed by atoms with van der Waals surface area (Å²) in [5.74, 6) is -0.969. The van der Waals surface area contributed by atoms with Gasteiger partial charge in [0, 0.05) is 23.7 Å². The second-order valence-electron chi connectivity index (χ2n) is 9.47. The summed E-state index contributed by atoms with van der Waals surface area (Å²) < 4.78 is 34.7. The fourth-order valence-electron chi connectivity index (χ4n) is 5.14. The Labute approximate surface area is 228 Å². The number of carbonyl (C=O) groups is 2. The Morgan fingerprint density at radius 3 is 2.37 bits per heavy atom. The van der Waals surface area contributed by atoms with E-state index in [1.54, 1.807) is 24.1 Å². The maximum Gasteiger partial charge on any atom is 0.266 e. The van der Waals surface area contributed by atoms with Crippen LogP contribution in [0.5, 0.6) is 5.75 Å². The first-order valence-corrected chi connectivity index (χ1v) is 13.7. The van der Waals surface area contributed by atoms with Crippen LogP contribution in [0.25, 0.3) is 21.2 Å². The highest BCUT2D eigenvalue weighted by atomic mass is 35.5. The monoisotopic (exact) mass is 553 g/mol. The molecule has 1 aliphatic rings. The maximum absolute atomic E-state index is 14.6. The summed E-state index contributed by atoms with van der Waals surface area (Å²) in [4.78, 5) is 27.0. The number of nitrogens with zero attached hydrogens (tertiary/aromatic N) is 1. The van der Waals surface area contributed by atoms with Crippen LogP contribution in [-0.2, 0) is 6.54 Å². The van der Waals surface area contributed by atoms with Gasteiger partial charge in [0.1, 0.15) is 28.5 Å². The number of rotatable bonds is 7. The Morgan fingerprint density at radius 2 is 1.71 bits per heavy atom. The molecule has 4 aromatic rings. The number of fused-ring (bicyclic) bond motifs is 1. The summed E-state index contributed by atoms with van der Waals surface area (Å²) in [7, 11) is 1.58. The number of halogens is 3. The van der Waals surface area contributed by atoms with E-state index in [1.807, 2.05) is 30.3 Å². The highest BCUT2D eigenvalue weighted by Gasteiger charge is 2.31. The lowest BCUT2D eigenvalue weighted by molar-refractivity contribution is 0.0618. The first kappa shape index (κ1) is 26.3. The maximum atomic E-state index is 14.6. The largest absolute Gasteiger partial charge is 0.496 e. The van der Waals surface area contributed by atoms with Crippen molar-refractivity contribution in [2.45, 2.75) is 44.7 Å². The van der Waals surface area contributed by atoms with E-state index in [2.05, 4.69) is 0 Å². The average Bonchev–Trinajstić information content (AvgIpc) is 3.32. The minimum atomic E-state index is -0.652. The van der Waals surface area contributed by atoms with E-state index >= 15 is 0 Å². The molecule has 0 N–H and O–H groups in total. The Hall–Kier alpha value is -3.29. The van der Waals surface area contributed by atoms with Gasteiger partial charge >= 0.3 is 0 Å². The summed E-state index contributed by atoms with van der Waals surface area (Å²) in [6, 6.07) is 15.1. The van der Waals surface area contributed by atoms with Gasteiger partial charge in [-0.2, -0.15) is 0 Å². The van der Waals surface area contributed by atoms with E-state index in [4.69, 9.17) is 16.3 Å². The number of benzene rings is 3. The van der Waals surface area contributed by atoms with Gasteiger partial charge in [-0.1, -0.05) is 61.2 Å². The fraction of sp³-hybridized carbons (Fsp3) is 0.267. The zero-order valence-corrected chi connectivity index (χ0v) is 22.4. The topological polar surface area (TPSA) is 46.6 Å². The van der Waals surface area contributed by atoms with Crippen LogP contribution in [0.3, 0.4) is 0 Å². The van der Waals surface area contributed by atoms with Crippen molar-refractivity contribution in [2.24, 2.45) is 0 Å². The summed E-state index contributed by atoms with van der Waals surface area (Å²) in [5.41, 5.74) is 3.23. The second kappa shape index (κ2) is 11.2. The van der Waals surface area contributed by atoms with Crippen molar-refractivity contribution in [3.05, 3.63) is 87.3 Å². The van der Waals surface area contributed by atoms with E-state index in [9.17, 15) is 18.4 Å². The average molecular weight is 554 g/mol. The predicted molar refractivity (Wildman–Crippen MR) is 147 cm³/mol. The molecule has 0 spiro atoms. The van der Waals surface area contributed by atoms with E-state index in [-0.39, 0.29) is 38.5 Å². The van der Waals surface area contributed by atoms with Gasteiger partial charge in [-0.05, 0) is 48.2 Å². The van der Waals surface area contributed by atoms with E-state index in [1.165, 1.54) is 0 Å². The molecule has 0 radical (unpaired) electrons. The van der Waals surface area contributed by atoms with Crippen molar-refractivity contribution in [2.75, 3.05) is 7.11 Å². The highest BCUT2D eigenvalue weighted by Crippen LogP contribution is 2.40. The van der Waals surface area contributed by atoms with Gasteiger partial charge in [0.2, 0.25) is 0 Å². The fourth-order valence-corrected chi connectivity index (χ4v) is 6.65. The van der Waals surface area contributed by atoms with Crippen LogP contribution in [-0.4, -0.2) is 30.2 Å². The number of ether oxygens (including phenoxy) is 1. The molecule has 0 aliphatic heterocycles. The summed E-state index contributed by atoms with van der Waals surface area (Å²) in [6.45, 7) is 0.252. The van der Waals surface area contributed by atoms with Gasteiger partial charge in [0.05, 0.1) is 22.2 Å². The lowest BCUT2D eigenvalue weighted by atomic mass is 9.93. The quantitative estimate of drug-likeness (QED) is 0.216. The van der Waals surface area contributed by atoms with Gasteiger partial charge in [0.25, 0.3) is 5.91 Å². The highest BCUT2D eigenvalue weighted by molar-refractivity contribution is 7.21. The lowest BCUT2D eigenvalue weighted by Crippen LogP contribution is -2.40. The minimum absolute atomic E-state index is 0.0348. The molecule has 38 heavy (non-hydrogen) atoms. The van der Waals surface area contributed by atoms with E-state index in [0.717, 1.165) is 78.6 Å². The Bertz CT molecular complexity index is 1500. The van der Waals surface area contributed by atoms with Crippen molar-refractivity contribution in [1.29, 1.82) is 0 Å². The van der Waals surface area contributed by atoms with Crippen LogP contribution in [0, 0.1) is 11.6 Å². The van der Waals surface area contributed by atoms with Crippen molar-refractivity contribution in [1.82, 2.24) is 4.90 Å². The second-order valence-corrected chi connectivity index (χ2v) is 10.9. The number of aldehydes is 1. The standard InChI is InChI=1S/C30H26ClF2NO3S/c1-37-25-14-11-20(19-9-7-18(17-35)8-10-19)15-21(25)16-34(22-5-3-2-4-6-22)30(36)29-27(31)26-23(32)12-13-24(33)28(26)38-29/h7-15,17,22H,2-6,16H2,1H3. The third-order valence-electron chi connectivity index (χ3n) is 7.15. The molecule has 1 saturated carbocycles. The molecule has 4 nitrogen and oxygen atoms in total. The van der Waals surface area contributed by atoms with E-state index in [0.29, 0.717) is 11.3 Å². The molecule has 3 aromatic carbocycles. The van der Waals surface area contributed by atoms with Gasteiger partial charge < -0.3 is 9.64 Å². The molecule has 0 saturated heterocycles. The Morgan fingerprint density at radius 1 is 1.03 bits per heavy atom. The zero-order valence-electron chi connectivity index (χ0n) is 20.8. The molecule has 5 rings (SSSR count). The van der Waals surface area contributed by atoms with Crippen molar-refractivity contribution >= 4 is 45.2 Å². The number of hydrogen-bond acceptors (Lipinski definition) is 4. The molecule has 8 heteroatoms. The van der Waals surface area contributed by atoms with Gasteiger partial charge in [-0.3, -0.25) is 9.59 Å². The molecular weight excluding hydrogens is 528 g/mol. The van der Waals surface area contributed by atoms with Gasteiger partial charge in [-0.25, -0.2) is 8.78 Å². The summed E-state index contributed by atoms with van der Waals surface area (Å²) in [6.07, 6.45) is 5.58. The van der Waals surface area contributed by atoms with Crippen molar-refractivity contribution in [3.8, 4) is 16.9 Å². The molecule has 1 fully saturated rings. The van der Waals surface area contributed by atoms with Crippen LogP contribution < -0.4 is 4.74 Å². The summed E-state index contributed by atoms with van der Waals surface area (Å²) >= 11 is 7.40. The van der Waals surface area contributed by atoms with Crippen LogP contribution in [0.1, 0.15) is 57.7 Å². The van der Waals surface area contributed by atoms with Gasteiger partial charge in [-0.15, -0.1) is 11.3 Å². The van der Waals surface area contributed by atoms with Crippen molar-refractivity contribution < 1.29 is 23.1 Å². The van der Waals surface area contributed by atoms with E-state index < -0.39 is 11.6 Å². The molecule has 0 atom stereocenters. The molecule has 196 valence electrons. The third-order valence-corrected chi connectivity index (χ3v) is 8.83. The first-order valence-electron chi connectivity index (χ1n) is 12.5. The molecule has 1 heterocycles. The summed E-state index contributed by atoms with van der Waals surface area (Å²) in [5, 5.41) is -0.106. The SMILES string of the molecule is COc1ccc(-c2ccc(C=O)cc2)cc1CN(C(=O)c1sc2c(F)ccc(F)c2c1Cl)C1CCCCC1. The number of carbonyl (C=O) groups excluding carboxylic acids is 2. The number of hydrogen-bond donors (Lipinski definition) is 0. The van der Waals surface area contributed by atoms with Crippen LogP contribution in [0.15, 0.2) is 54.6 Å². The van der Waals surface area contributed by atoms with Crippen molar-refractivity contribution in [3.63, 3.8) is 0 Å². The number of amides is 1. The van der Waals surface area contributed by atoms with Gasteiger partial charge in [0.15, 0.2) is 0 Å². The Balaban J connectivity index is 1.55. The Kier molecular flexibility index (Phi) is 7.77. The molecule has 1 aromatic heterocycles. The van der Waals surface area contributed by atoms with Crippen LogP contribution in [0.4, 0.5) is 8.78 Å². The minimum Gasteiger partial charge on any atom is -0.496 e. The predicted octanol–water partition coefficient (Wildman–Crippen LogP) is 8.30. The molecule has 0 bridgehead atoms. The molecule has 1 aliphatic carbocycles. The smallest absolute Gasteiger partial charge is 0.266 e.